The highest BCUT2D eigenvalue weighted by molar-refractivity contribution is 7.10. The molecular weight excluding hydrogens is 382 g/mol. The van der Waals surface area contributed by atoms with Crippen LogP contribution in [0.1, 0.15) is 23.3 Å². The molecule has 0 fully saturated rings. The molecule has 4 rings (SSSR count). The first-order chi connectivity index (χ1) is 14.1. The maximum absolute atomic E-state index is 12.7. The number of thiophene rings is 1. The van der Waals surface area contributed by atoms with E-state index in [1.807, 2.05) is 73.0 Å². The van der Waals surface area contributed by atoms with Crippen LogP contribution in [0.5, 0.6) is 5.75 Å². The fraction of sp³-hybridized carbons (Fsp3) is 0.174. The van der Waals surface area contributed by atoms with E-state index in [0.717, 1.165) is 33.3 Å². The molecule has 0 aliphatic carbocycles. The van der Waals surface area contributed by atoms with Crippen LogP contribution in [0, 0.1) is 0 Å². The van der Waals surface area contributed by atoms with Crippen molar-refractivity contribution in [2.75, 3.05) is 7.11 Å². The zero-order valence-electron chi connectivity index (χ0n) is 16.3. The summed E-state index contributed by atoms with van der Waals surface area (Å²) in [4.78, 5) is 23.4. The van der Waals surface area contributed by atoms with Crippen molar-refractivity contribution in [3.63, 3.8) is 0 Å². The van der Waals surface area contributed by atoms with Crippen molar-refractivity contribution in [3.8, 4) is 5.75 Å². The number of aliphatic imine (C=N–C) groups is 2. The monoisotopic (exact) mass is 403 g/mol. The SMILES string of the molecule is COc1ccc(C2C(C)=Nc3ccccc3N=C2NC(=O)Cc2cccs2)cc1. The molecule has 0 spiro atoms. The molecule has 0 radical (unpaired) electrons. The van der Waals surface area contributed by atoms with E-state index in [1.54, 1.807) is 18.4 Å². The summed E-state index contributed by atoms with van der Waals surface area (Å²) in [5, 5.41) is 5.02. The molecule has 0 saturated carbocycles. The summed E-state index contributed by atoms with van der Waals surface area (Å²) in [6.45, 7) is 1.97. The molecule has 5 nitrogen and oxygen atoms in total. The number of benzene rings is 2. The Labute approximate surface area is 173 Å². The Bertz CT molecular complexity index is 1070. The number of amides is 1. The molecule has 3 aromatic rings. The van der Waals surface area contributed by atoms with Crippen LogP contribution in [-0.4, -0.2) is 24.6 Å². The number of nitrogens with one attached hydrogen (secondary N) is 1. The third-order valence-electron chi connectivity index (χ3n) is 4.74. The number of ether oxygens (including phenoxy) is 1. The Balaban J connectivity index is 1.72. The van der Waals surface area contributed by atoms with Crippen LogP contribution in [0.4, 0.5) is 11.4 Å². The lowest BCUT2D eigenvalue weighted by Gasteiger charge is -2.19. The van der Waals surface area contributed by atoms with Gasteiger partial charge in [-0.1, -0.05) is 30.3 Å². The van der Waals surface area contributed by atoms with Gasteiger partial charge in [0.05, 0.1) is 30.8 Å². The predicted octanol–water partition coefficient (Wildman–Crippen LogP) is 5.04. The predicted molar refractivity (Wildman–Crippen MR) is 118 cm³/mol. The standard InChI is InChI=1S/C23H21N3O2S/c1-15-22(16-9-11-17(28-2)12-10-16)23(25-20-8-4-3-7-19(20)24-15)26-21(27)14-18-6-5-13-29-18/h3-13,22H,14H2,1-2H3,(H,25,26,27). The molecule has 1 atom stereocenters. The number of hydrogen-bond donors (Lipinski definition) is 1. The number of carbonyl (C=O) groups excluding carboxylic acids is 1. The van der Waals surface area contributed by atoms with Crippen molar-refractivity contribution in [3.05, 3.63) is 76.5 Å². The molecule has 0 bridgehead atoms. The quantitative estimate of drug-likeness (QED) is 0.664. The summed E-state index contributed by atoms with van der Waals surface area (Å²) in [6.07, 6.45) is 0.323. The first-order valence-corrected chi connectivity index (χ1v) is 10.2. The third-order valence-corrected chi connectivity index (χ3v) is 5.62. The second kappa shape index (κ2) is 8.41. The van der Waals surface area contributed by atoms with Crippen molar-refractivity contribution < 1.29 is 9.53 Å². The van der Waals surface area contributed by atoms with Gasteiger partial charge in [0, 0.05) is 10.6 Å². The van der Waals surface area contributed by atoms with Crippen LogP contribution in [-0.2, 0) is 11.2 Å². The van der Waals surface area contributed by atoms with Gasteiger partial charge in [-0.05, 0) is 48.2 Å². The molecule has 29 heavy (non-hydrogen) atoms. The highest BCUT2D eigenvalue weighted by atomic mass is 32.1. The molecule has 1 amide bonds. The van der Waals surface area contributed by atoms with E-state index in [4.69, 9.17) is 14.7 Å². The Morgan fingerprint density at radius 2 is 1.76 bits per heavy atom. The van der Waals surface area contributed by atoms with E-state index in [1.165, 1.54) is 0 Å². The van der Waals surface area contributed by atoms with Gasteiger partial charge in [0.1, 0.15) is 11.6 Å². The highest BCUT2D eigenvalue weighted by Gasteiger charge is 2.26. The van der Waals surface area contributed by atoms with E-state index in [2.05, 4.69) is 5.32 Å². The van der Waals surface area contributed by atoms with E-state index in [9.17, 15) is 4.79 Å². The summed E-state index contributed by atoms with van der Waals surface area (Å²) in [6, 6.07) is 19.4. The summed E-state index contributed by atoms with van der Waals surface area (Å²) in [5.41, 5.74) is 3.41. The van der Waals surface area contributed by atoms with E-state index < -0.39 is 0 Å². The van der Waals surface area contributed by atoms with Gasteiger partial charge < -0.3 is 10.1 Å². The van der Waals surface area contributed by atoms with Crippen LogP contribution in [0.15, 0.2) is 76.0 Å². The average molecular weight is 404 g/mol. The summed E-state index contributed by atoms with van der Waals surface area (Å²) < 4.78 is 5.28. The second-order valence-electron chi connectivity index (χ2n) is 6.75. The van der Waals surface area contributed by atoms with Crippen molar-refractivity contribution >= 4 is 40.2 Å². The fourth-order valence-corrected chi connectivity index (χ4v) is 4.06. The minimum atomic E-state index is -0.249. The van der Waals surface area contributed by atoms with Crippen molar-refractivity contribution in [2.45, 2.75) is 19.3 Å². The first-order valence-electron chi connectivity index (χ1n) is 9.33. The van der Waals surface area contributed by atoms with Crippen molar-refractivity contribution in [1.29, 1.82) is 0 Å². The number of fused-ring (bicyclic) bond motifs is 1. The molecule has 1 aliphatic rings. The molecule has 146 valence electrons. The topological polar surface area (TPSA) is 63.1 Å². The lowest BCUT2D eigenvalue weighted by molar-refractivity contribution is -0.119. The molecule has 2 heterocycles. The molecular formula is C23H21N3O2S. The van der Waals surface area contributed by atoms with Crippen LogP contribution in [0.2, 0.25) is 0 Å². The van der Waals surface area contributed by atoms with Crippen molar-refractivity contribution in [2.24, 2.45) is 9.98 Å². The zero-order valence-corrected chi connectivity index (χ0v) is 17.1. The molecule has 1 N–H and O–H groups in total. The third kappa shape index (κ3) is 4.27. The summed E-state index contributed by atoms with van der Waals surface area (Å²) in [7, 11) is 1.64. The van der Waals surface area contributed by atoms with Gasteiger partial charge >= 0.3 is 0 Å². The normalized spacial score (nSPS) is 15.6. The lowest BCUT2D eigenvalue weighted by Crippen LogP contribution is -2.37. The van der Waals surface area contributed by atoms with Gasteiger partial charge in [-0.15, -0.1) is 11.3 Å². The molecule has 2 aromatic carbocycles. The Kier molecular flexibility index (Phi) is 5.53. The number of rotatable bonds is 4. The van der Waals surface area contributed by atoms with Gasteiger partial charge in [-0.2, -0.15) is 0 Å². The van der Waals surface area contributed by atoms with Gasteiger partial charge in [0.15, 0.2) is 0 Å². The molecule has 1 aromatic heterocycles. The number of amidine groups is 1. The van der Waals surface area contributed by atoms with Crippen LogP contribution in [0.3, 0.4) is 0 Å². The van der Waals surface area contributed by atoms with Gasteiger partial charge in [-0.25, -0.2) is 4.99 Å². The van der Waals surface area contributed by atoms with Crippen LogP contribution < -0.4 is 10.1 Å². The van der Waals surface area contributed by atoms with Gasteiger partial charge in [0.25, 0.3) is 0 Å². The number of para-hydroxylation sites is 2. The highest BCUT2D eigenvalue weighted by Crippen LogP contribution is 2.34. The average Bonchev–Trinajstić information content (AvgIpc) is 3.18. The largest absolute Gasteiger partial charge is 0.497 e. The maximum Gasteiger partial charge on any atom is 0.230 e. The van der Waals surface area contributed by atoms with E-state index in [-0.39, 0.29) is 11.8 Å². The van der Waals surface area contributed by atoms with Gasteiger partial charge in [-0.3, -0.25) is 9.79 Å². The molecule has 6 heteroatoms. The van der Waals surface area contributed by atoms with Gasteiger partial charge in [0.2, 0.25) is 5.91 Å². The Hall–Kier alpha value is -3.25. The van der Waals surface area contributed by atoms with Crippen LogP contribution in [0.25, 0.3) is 0 Å². The Morgan fingerprint density at radius 3 is 2.41 bits per heavy atom. The summed E-state index contributed by atoms with van der Waals surface area (Å²) >= 11 is 1.57. The van der Waals surface area contributed by atoms with E-state index >= 15 is 0 Å². The number of hydrogen-bond acceptors (Lipinski definition) is 5. The maximum atomic E-state index is 12.7. The number of carbonyl (C=O) groups is 1. The smallest absolute Gasteiger partial charge is 0.230 e. The molecule has 1 unspecified atom stereocenters. The zero-order chi connectivity index (χ0) is 20.2. The minimum Gasteiger partial charge on any atom is -0.497 e. The van der Waals surface area contributed by atoms with E-state index in [0.29, 0.717) is 12.3 Å². The minimum absolute atomic E-state index is 0.0862. The first kappa shape index (κ1) is 19.1. The number of nitrogens with zero attached hydrogens (tertiary/aromatic N) is 2. The number of methoxy groups -OCH3 is 1. The summed E-state index contributed by atoms with van der Waals surface area (Å²) in [5.74, 6) is 1.03. The van der Waals surface area contributed by atoms with Crippen LogP contribution >= 0.6 is 11.3 Å². The second-order valence-corrected chi connectivity index (χ2v) is 7.78. The molecule has 0 saturated heterocycles. The fourth-order valence-electron chi connectivity index (χ4n) is 3.35. The Morgan fingerprint density at radius 1 is 1.03 bits per heavy atom. The van der Waals surface area contributed by atoms with Crippen molar-refractivity contribution in [1.82, 2.24) is 5.32 Å². The lowest BCUT2D eigenvalue weighted by atomic mass is 9.93. The molecule has 1 aliphatic heterocycles.